The Labute approximate surface area is 132 Å². The van der Waals surface area contributed by atoms with Crippen molar-refractivity contribution in [3.8, 4) is 0 Å². The van der Waals surface area contributed by atoms with Gasteiger partial charge in [0.05, 0.1) is 17.1 Å². The van der Waals surface area contributed by atoms with Gasteiger partial charge in [-0.3, -0.25) is 9.36 Å². The first-order valence-corrected chi connectivity index (χ1v) is 7.41. The third-order valence-corrected chi connectivity index (χ3v) is 3.70. The molecule has 1 fully saturated rings. The third kappa shape index (κ3) is 3.86. The van der Waals surface area contributed by atoms with E-state index in [2.05, 4.69) is 35.0 Å². The number of hydrogen-bond acceptors (Lipinski definition) is 3. The Morgan fingerprint density at radius 1 is 1.29 bits per heavy atom. The van der Waals surface area contributed by atoms with Gasteiger partial charge in [-0.15, -0.1) is 12.4 Å². The summed E-state index contributed by atoms with van der Waals surface area (Å²) in [7, 11) is 1.94. The largest absolute Gasteiger partial charge is 0.305 e. The normalized spacial score (nSPS) is 14.5. The van der Waals surface area contributed by atoms with Crippen molar-refractivity contribution in [2.24, 2.45) is 7.05 Å². The van der Waals surface area contributed by atoms with Gasteiger partial charge in [0.25, 0.3) is 0 Å². The minimum Gasteiger partial charge on any atom is -0.305 e. The second kappa shape index (κ2) is 6.62. The van der Waals surface area contributed by atoms with Crippen LogP contribution in [0.3, 0.4) is 0 Å². The van der Waals surface area contributed by atoms with Gasteiger partial charge in [-0.05, 0) is 38.8 Å². The summed E-state index contributed by atoms with van der Waals surface area (Å²) in [4.78, 5) is 0. The van der Waals surface area contributed by atoms with Crippen molar-refractivity contribution in [2.75, 3.05) is 0 Å². The molecule has 0 bridgehead atoms. The minimum absolute atomic E-state index is 0. The quantitative estimate of drug-likeness (QED) is 0.892. The molecular weight excluding hydrogens is 286 g/mol. The molecule has 116 valence electrons. The van der Waals surface area contributed by atoms with Crippen LogP contribution in [0.5, 0.6) is 0 Å². The molecule has 0 aliphatic heterocycles. The minimum atomic E-state index is 0. The first kappa shape index (κ1) is 16.0. The Kier molecular flexibility index (Phi) is 5.06. The fraction of sp³-hybridized carbons (Fsp3) is 0.600. The molecule has 1 saturated carbocycles. The summed E-state index contributed by atoms with van der Waals surface area (Å²) in [5.74, 6) is 0.713. The molecule has 2 aromatic rings. The molecule has 0 amide bonds. The molecule has 1 N–H and O–H groups in total. The maximum absolute atomic E-state index is 4.76. The van der Waals surface area contributed by atoms with Crippen molar-refractivity contribution >= 4 is 12.4 Å². The maximum Gasteiger partial charge on any atom is 0.0762 e. The molecule has 1 aliphatic rings. The Hall–Kier alpha value is -1.33. The van der Waals surface area contributed by atoms with Crippen LogP contribution >= 0.6 is 12.4 Å². The topological polar surface area (TPSA) is 47.7 Å². The lowest BCUT2D eigenvalue weighted by Gasteiger charge is -2.11. The summed E-state index contributed by atoms with van der Waals surface area (Å²) in [6, 6.07) is 4.72. The Bertz CT molecular complexity index is 583. The summed E-state index contributed by atoms with van der Waals surface area (Å²) in [5, 5.41) is 12.6. The average molecular weight is 310 g/mol. The van der Waals surface area contributed by atoms with Crippen LogP contribution < -0.4 is 5.32 Å². The summed E-state index contributed by atoms with van der Waals surface area (Å²) < 4.78 is 3.99. The SMILES string of the molecule is CC(C)n1nc(C2CC2)cc1CNCc1ccn(C)n1.Cl. The molecule has 0 radical (unpaired) electrons. The molecule has 6 heteroatoms. The van der Waals surface area contributed by atoms with Gasteiger partial charge in [-0.1, -0.05) is 0 Å². The van der Waals surface area contributed by atoms with Gasteiger partial charge in [-0.25, -0.2) is 0 Å². The van der Waals surface area contributed by atoms with Crippen LogP contribution in [0.25, 0.3) is 0 Å². The number of hydrogen-bond donors (Lipinski definition) is 1. The Morgan fingerprint density at radius 3 is 2.62 bits per heavy atom. The van der Waals surface area contributed by atoms with E-state index in [-0.39, 0.29) is 12.4 Å². The Balaban J connectivity index is 0.00000161. The van der Waals surface area contributed by atoms with Gasteiger partial charge < -0.3 is 5.32 Å². The van der Waals surface area contributed by atoms with Crippen LogP contribution in [-0.4, -0.2) is 19.6 Å². The van der Waals surface area contributed by atoms with Crippen LogP contribution in [0.4, 0.5) is 0 Å². The van der Waals surface area contributed by atoms with E-state index in [1.165, 1.54) is 24.2 Å². The second-order valence-electron chi connectivity index (χ2n) is 5.96. The monoisotopic (exact) mass is 309 g/mol. The van der Waals surface area contributed by atoms with Crippen molar-refractivity contribution in [2.45, 2.75) is 51.7 Å². The number of halogens is 1. The van der Waals surface area contributed by atoms with Crippen LogP contribution in [0, 0.1) is 0 Å². The smallest absolute Gasteiger partial charge is 0.0762 e. The number of nitrogens with one attached hydrogen (secondary N) is 1. The molecule has 0 unspecified atom stereocenters. The molecule has 2 aromatic heterocycles. The lowest BCUT2D eigenvalue weighted by molar-refractivity contribution is 0.490. The third-order valence-electron chi connectivity index (χ3n) is 3.70. The molecule has 3 rings (SSSR count). The molecule has 1 aliphatic carbocycles. The van der Waals surface area contributed by atoms with Crippen molar-refractivity contribution in [3.05, 3.63) is 35.4 Å². The van der Waals surface area contributed by atoms with Gasteiger partial charge in [-0.2, -0.15) is 10.2 Å². The highest BCUT2D eigenvalue weighted by Gasteiger charge is 2.27. The molecule has 5 nitrogen and oxygen atoms in total. The first-order valence-electron chi connectivity index (χ1n) is 7.41. The standard InChI is InChI=1S/C15H23N5.ClH/c1-11(2)20-14(8-15(18-20)12-4-5-12)10-16-9-13-6-7-19(3)17-13;/h6-8,11-12,16H,4-5,9-10H2,1-3H3;1H. The molecule has 0 saturated heterocycles. The van der Waals surface area contributed by atoms with Gasteiger partial charge >= 0.3 is 0 Å². The van der Waals surface area contributed by atoms with Crippen LogP contribution in [0.1, 0.15) is 55.7 Å². The van der Waals surface area contributed by atoms with Crippen molar-refractivity contribution in [3.63, 3.8) is 0 Å². The zero-order valence-electron chi connectivity index (χ0n) is 12.9. The van der Waals surface area contributed by atoms with Crippen molar-refractivity contribution < 1.29 is 0 Å². The number of nitrogens with zero attached hydrogens (tertiary/aromatic N) is 4. The lowest BCUT2D eigenvalue weighted by Crippen LogP contribution is -2.17. The van der Waals surface area contributed by atoms with E-state index in [1.807, 2.05) is 24.0 Å². The van der Waals surface area contributed by atoms with Crippen molar-refractivity contribution in [1.82, 2.24) is 24.9 Å². The van der Waals surface area contributed by atoms with Crippen LogP contribution in [-0.2, 0) is 20.1 Å². The molecule has 21 heavy (non-hydrogen) atoms. The number of rotatable bonds is 6. The number of aromatic nitrogens is 4. The van der Waals surface area contributed by atoms with Crippen LogP contribution in [0.2, 0.25) is 0 Å². The molecule has 0 aromatic carbocycles. The second-order valence-corrected chi connectivity index (χ2v) is 5.96. The lowest BCUT2D eigenvalue weighted by atomic mass is 10.2. The fourth-order valence-electron chi connectivity index (χ4n) is 2.49. The van der Waals surface area contributed by atoms with E-state index in [0.717, 1.165) is 18.8 Å². The highest BCUT2D eigenvalue weighted by Crippen LogP contribution is 2.39. The maximum atomic E-state index is 4.76. The highest BCUT2D eigenvalue weighted by atomic mass is 35.5. The number of aryl methyl sites for hydroxylation is 1. The van der Waals surface area contributed by atoms with Crippen molar-refractivity contribution in [1.29, 1.82) is 0 Å². The van der Waals surface area contributed by atoms with E-state index < -0.39 is 0 Å². The molecule has 0 atom stereocenters. The first-order chi connectivity index (χ1) is 9.63. The predicted octanol–water partition coefficient (Wildman–Crippen LogP) is 2.79. The van der Waals surface area contributed by atoms with Gasteiger partial charge in [0, 0.05) is 38.3 Å². The van der Waals surface area contributed by atoms with Crippen LogP contribution in [0.15, 0.2) is 18.3 Å². The molecule has 2 heterocycles. The molecule has 0 spiro atoms. The van der Waals surface area contributed by atoms with Gasteiger partial charge in [0.15, 0.2) is 0 Å². The summed E-state index contributed by atoms with van der Waals surface area (Å²) in [6.07, 6.45) is 4.58. The zero-order valence-corrected chi connectivity index (χ0v) is 13.7. The van der Waals surface area contributed by atoms with E-state index in [9.17, 15) is 0 Å². The van der Waals surface area contributed by atoms with Gasteiger partial charge in [0.1, 0.15) is 0 Å². The van der Waals surface area contributed by atoms with E-state index in [0.29, 0.717) is 12.0 Å². The van der Waals surface area contributed by atoms with E-state index in [1.54, 1.807) is 0 Å². The predicted molar refractivity (Wildman–Crippen MR) is 85.6 cm³/mol. The summed E-state index contributed by atoms with van der Waals surface area (Å²) in [5.41, 5.74) is 3.62. The molecular formula is C15H24ClN5. The van der Waals surface area contributed by atoms with E-state index >= 15 is 0 Å². The highest BCUT2D eigenvalue weighted by molar-refractivity contribution is 5.85. The summed E-state index contributed by atoms with van der Waals surface area (Å²) in [6.45, 7) is 6.01. The Morgan fingerprint density at radius 2 is 2.05 bits per heavy atom. The zero-order chi connectivity index (χ0) is 14.1. The average Bonchev–Trinajstić information content (AvgIpc) is 3.04. The summed E-state index contributed by atoms with van der Waals surface area (Å²) >= 11 is 0. The fourth-order valence-corrected chi connectivity index (χ4v) is 2.49. The van der Waals surface area contributed by atoms with E-state index in [4.69, 9.17) is 5.10 Å². The van der Waals surface area contributed by atoms with Gasteiger partial charge in [0.2, 0.25) is 0 Å².